The van der Waals surface area contributed by atoms with Crippen LogP contribution in [0, 0.1) is 0 Å². The molecule has 0 bridgehead atoms. The predicted octanol–water partition coefficient (Wildman–Crippen LogP) is 4.60. The van der Waals surface area contributed by atoms with Crippen molar-refractivity contribution < 1.29 is 4.74 Å². The van der Waals surface area contributed by atoms with Crippen LogP contribution in [0.2, 0.25) is 0 Å². The molecule has 0 aromatic heterocycles. The second-order valence-electron chi connectivity index (χ2n) is 5.49. The number of nitrogens with zero attached hydrogens (tertiary/aromatic N) is 1. The van der Waals surface area contributed by atoms with Gasteiger partial charge >= 0.3 is 0 Å². The minimum absolute atomic E-state index is 0.162. The van der Waals surface area contributed by atoms with Crippen LogP contribution in [-0.4, -0.2) is 26.2 Å². The summed E-state index contributed by atoms with van der Waals surface area (Å²) in [6.07, 6.45) is 0.892. The third-order valence-electron chi connectivity index (χ3n) is 3.54. The van der Waals surface area contributed by atoms with E-state index in [4.69, 9.17) is 4.74 Å². The lowest BCUT2D eigenvalue weighted by Crippen LogP contribution is -2.33. The van der Waals surface area contributed by atoms with Gasteiger partial charge in [-0.2, -0.15) is 0 Å². The Balaban J connectivity index is 2.05. The number of methoxy groups -OCH3 is 1. The van der Waals surface area contributed by atoms with Gasteiger partial charge in [0.15, 0.2) is 5.96 Å². The van der Waals surface area contributed by atoms with Gasteiger partial charge in [0.25, 0.3) is 0 Å². The van der Waals surface area contributed by atoms with Crippen LogP contribution in [0.1, 0.15) is 24.9 Å². The fourth-order valence-corrected chi connectivity index (χ4v) is 2.49. The lowest BCUT2D eigenvalue weighted by Gasteiger charge is -2.19. The highest BCUT2D eigenvalue weighted by molar-refractivity contribution is 9.10. The summed E-state index contributed by atoms with van der Waals surface area (Å²) < 4.78 is 6.14. The van der Waals surface area contributed by atoms with Gasteiger partial charge in [-0.3, -0.25) is 4.99 Å². The van der Waals surface area contributed by atoms with Gasteiger partial charge in [0, 0.05) is 30.4 Å². The van der Waals surface area contributed by atoms with Crippen LogP contribution in [0.5, 0.6) is 0 Å². The van der Waals surface area contributed by atoms with Crippen LogP contribution in [0.15, 0.2) is 64.1 Å². The molecule has 0 spiro atoms. The molecule has 0 unspecified atom stereocenters. The maximum absolute atomic E-state index is 5.09. The highest BCUT2D eigenvalue weighted by Crippen LogP contribution is 2.15. The molecule has 0 aliphatic carbocycles. The molecule has 0 aliphatic rings. The number of rotatable bonds is 7. The van der Waals surface area contributed by atoms with E-state index in [9.17, 15) is 0 Å². The molecule has 2 aromatic rings. The number of halogens is 1. The first kappa shape index (κ1) is 18.5. The Labute approximate surface area is 152 Å². The van der Waals surface area contributed by atoms with E-state index in [1.54, 1.807) is 7.11 Å². The first-order valence-electron chi connectivity index (χ1n) is 8.06. The smallest absolute Gasteiger partial charge is 0.196 e. The van der Waals surface area contributed by atoms with Crippen molar-refractivity contribution in [3.63, 3.8) is 0 Å². The van der Waals surface area contributed by atoms with Crippen molar-refractivity contribution in [1.29, 1.82) is 0 Å². The van der Waals surface area contributed by atoms with E-state index in [-0.39, 0.29) is 6.04 Å². The standard InChI is InChI=1S/C19H24BrN3O/c1-15(16-7-4-3-5-8-16)22-19(21-13-6-14-24-2)23-18-11-9-17(20)10-12-18/h3-5,7-12,15H,6,13-14H2,1-2H3,(H2,21,22,23)/t15-/m0/s1. The van der Waals surface area contributed by atoms with E-state index >= 15 is 0 Å². The summed E-state index contributed by atoms with van der Waals surface area (Å²) in [6.45, 7) is 3.55. The normalized spacial score (nSPS) is 12.7. The number of hydrogen-bond acceptors (Lipinski definition) is 2. The summed E-state index contributed by atoms with van der Waals surface area (Å²) in [5.74, 6) is 0.768. The third kappa shape index (κ3) is 6.34. The number of benzene rings is 2. The fraction of sp³-hybridized carbons (Fsp3) is 0.316. The Bertz CT molecular complexity index is 629. The van der Waals surface area contributed by atoms with Gasteiger partial charge in [0.1, 0.15) is 0 Å². The van der Waals surface area contributed by atoms with Gasteiger partial charge in [0.05, 0.1) is 6.04 Å². The molecule has 128 valence electrons. The molecule has 0 heterocycles. The number of nitrogens with one attached hydrogen (secondary N) is 2. The zero-order chi connectivity index (χ0) is 17.2. The molecule has 0 amide bonds. The Morgan fingerprint density at radius 1 is 1.12 bits per heavy atom. The molecule has 0 aliphatic heterocycles. The summed E-state index contributed by atoms with van der Waals surface area (Å²) in [6, 6.07) is 18.5. The molecule has 0 radical (unpaired) electrons. The summed E-state index contributed by atoms with van der Waals surface area (Å²) in [5, 5.41) is 6.82. The largest absolute Gasteiger partial charge is 0.385 e. The monoisotopic (exact) mass is 389 g/mol. The van der Waals surface area contributed by atoms with Gasteiger partial charge in [-0.15, -0.1) is 0 Å². The second kappa shape index (κ2) is 10.1. The minimum Gasteiger partial charge on any atom is -0.385 e. The van der Waals surface area contributed by atoms with Crippen LogP contribution < -0.4 is 10.6 Å². The number of ether oxygens (including phenoxy) is 1. The SMILES string of the molecule is COCCCN=C(Nc1ccc(Br)cc1)N[C@@H](C)c1ccccc1. The molecule has 0 fully saturated rings. The lowest BCUT2D eigenvalue weighted by molar-refractivity contribution is 0.197. The van der Waals surface area contributed by atoms with Crippen molar-refractivity contribution in [2.24, 2.45) is 4.99 Å². The Hall–Kier alpha value is -1.85. The van der Waals surface area contributed by atoms with E-state index in [1.807, 2.05) is 42.5 Å². The van der Waals surface area contributed by atoms with E-state index < -0.39 is 0 Å². The van der Waals surface area contributed by atoms with Crippen molar-refractivity contribution >= 4 is 27.6 Å². The Morgan fingerprint density at radius 3 is 2.50 bits per heavy atom. The minimum atomic E-state index is 0.162. The van der Waals surface area contributed by atoms with Gasteiger partial charge in [0.2, 0.25) is 0 Å². The Morgan fingerprint density at radius 2 is 1.83 bits per heavy atom. The second-order valence-corrected chi connectivity index (χ2v) is 6.40. The van der Waals surface area contributed by atoms with Crippen LogP contribution in [0.4, 0.5) is 5.69 Å². The zero-order valence-electron chi connectivity index (χ0n) is 14.1. The Kier molecular flexibility index (Phi) is 7.79. The van der Waals surface area contributed by atoms with Crippen molar-refractivity contribution in [2.45, 2.75) is 19.4 Å². The maximum Gasteiger partial charge on any atom is 0.196 e. The van der Waals surface area contributed by atoms with Gasteiger partial charge < -0.3 is 15.4 Å². The highest BCUT2D eigenvalue weighted by atomic mass is 79.9. The molecule has 2 N–H and O–H groups in total. The number of anilines is 1. The first-order valence-corrected chi connectivity index (χ1v) is 8.86. The molecule has 0 saturated heterocycles. The number of guanidine groups is 1. The van der Waals surface area contributed by atoms with E-state index in [2.05, 4.69) is 50.6 Å². The number of hydrogen-bond donors (Lipinski definition) is 2. The van der Waals surface area contributed by atoms with E-state index in [0.717, 1.165) is 22.5 Å². The van der Waals surface area contributed by atoms with E-state index in [1.165, 1.54) is 5.56 Å². The topological polar surface area (TPSA) is 45.6 Å². The molecule has 24 heavy (non-hydrogen) atoms. The molecule has 1 atom stereocenters. The average Bonchev–Trinajstić information content (AvgIpc) is 2.61. The average molecular weight is 390 g/mol. The molecule has 2 aromatic carbocycles. The summed E-state index contributed by atoms with van der Waals surface area (Å²) >= 11 is 3.45. The summed E-state index contributed by atoms with van der Waals surface area (Å²) in [5.41, 5.74) is 2.22. The van der Waals surface area contributed by atoms with Crippen molar-refractivity contribution in [2.75, 3.05) is 25.6 Å². The van der Waals surface area contributed by atoms with Crippen LogP contribution >= 0.6 is 15.9 Å². The highest BCUT2D eigenvalue weighted by Gasteiger charge is 2.08. The first-order chi connectivity index (χ1) is 11.7. The van der Waals surface area contributed by atoms with Crippen molar-refractivity contribution in [3.05, 3.63) is 64.6 Å². The zero-order valence-corrected chi connectivity index (χ0v) is 15.7. The van der Waals surface area contributed by atoms with Crippen LogP contribution in [-0.2, 0) is 4.74 Å². The lowest BCUT2D eigenvalue weighted by atomic mass is 10.1. The molecular weight excluding hydrogens is 366 g/mol. The molecule has 4 nitrogen and oxygen atoms in total. The summed E-state index contributed by atoms with van der Waals surface area (Å²) in [7, 11) is 1.71. The van der Waals surface area contributed by atoms with Gasteiger partial charge in [-0.1, -0.05) is 46.3 Å². The van der Waals surface area contributed by atoms with Gasteiger partial charge in [-0.05, 0) is 43.2 Å². The molecular formula is C19H24BrN3O. The van der Waals surface area contributed by atoms with Gasteiger partial charge in [-0.25, -0.2) is 0 Å². The molecule has 2 rings (SSSR count). The molecule has 0 saturated carbocycles. The predicted molar refractivity (Wildman–Crippen MR) is 105 cm³/mol. The van der Waals surface area contributed by atoms with Crippen molar-refractivity contribution in [3.8, 4) is 0 Å². The quantitative estimate of drug-likeness (QED) is 0.413. The third-order valence-corrected chi connectivity index (χ3v) is 4.06. The van der Waals surface area contributed by atoms with Crippen molar-refractivity contribution in [1.82, 2.24) is 5.32 Å². The summed E-state index contributed by atoms with van der Waals surface area (Å²) in [4.78, 5) is 4.65. The van der Waals surface area contributed by atoms with Crippen LogP contribution in [0.3, 0.4) is 0 Å². The maximum atomic E-state index is 5.09. The molecule has 5 heteroatoms. The van der Waals surface area contributed by atoms with E-state index in [0.29, 0.717) is 13.2 Å². The van der Waals surface area contributed by atoms with Crippen LogP contribution in [0.25, 0.3) is 0 Å². The fourth-order valence-electron chi connectivity index (χ4n) is 2.22. The number of aliphatic imine (C=N–C) groups is 1.